The van der Waals surface area contributed by atoms with Gasteiger partial charge in [0.15, 0.2) is 11.6 Å². The first-order valence-electron chi connectivity index (χ1n) is 11.4. The Morgan fingerprint density at radius 1 is 1.12 bits per heavy atom. The number of likely N-dealkylation sites (tertiary alicyclic amines) is 1. The summed E-state index contributed by atoms with van der Waals surface area (Å²) in [6, 6.07) is 10.2. The van der Waals surface area contributed by atoms with Crippen LogP contribution in [0.15, 0.2) is 42.6 Å². The Morgan fingerprint density at radius 3 is 2.52 bits per heavy atom. The van der Waals surface area contributed by atoms with Gasteiger partial charge in [-0.15, -0.1) is 0 Å². The first-order chi connectivity index (χ1) is 15.8. The average molecular weight is 455 g/mol. The minimum atomic E-state index is -0.812. The quantitative estimate of drug-likeness (QED) is 0.597. The van der Waals surface area contributed by atoms with Crippen LogP contribution >= 0.6 is 0 Å². The summed E-state index contributed by atoms with van der Waals surface area (Å²) in [5, 5.41) is 0. The third-order valence-electron chi connectivity index (χ3n) is 6.52. The molecule has 2 aliphatic rings. The van der Waals surface area contributed by atoms with Crippen LogP contribution in [-0.2, 0) is 17.9 Å². The van der Waals surface area contributed by atoms with Gasteiger partial charge in [-0.25, -0.2) is 9.18 Å². The van der Waals surface area contributed by atoms with Crippen molar-refractivity contribution in [3.8, 4) is 5.75 Å². The van der Waals surface area contributed by atoms with Crippen molar-refractivity contribution in [2.24, 2.45) is 5.92 Å². The fourth-order valence-corrected chi connectivity index (χ4v) is 4.82. The Morgan fingerprint density at radius 2 is 1.88 bits per heavy atom. The van der Waals surface area contributed by atoms with Crippen LogP contribution in [-0.4, -0.2) is 63.9 Å². The molecule has 8 heteroatoms. The van der Waals surface area contributed by atoms with Crippen LogP contribution in [0.25, 0.3) is 0 Å². The summed E-state index contributed by atoms with van der Waals surface area (Å²) in [7, 11) is 1.45. The predicted molar refractivity (Wildman–Crippen MR) is 122 cm³/mol. The van der Waals surface area contributed by atoms with E-state index in [1.165, 1.54) is 18.1 Å². The summed E-state index contributed by atoms with van der Waals surface area (Å²) < 4.78 is 18.8. The Kier molecular flexibility index (Phi) is 6.65. The smallest absolute Gasteiger partial charge is 0.328 e. The molecule has 0 N–H and O–H groups in total. The van der Waals surface area contributed by atoms with E-state index in [2.05, 4.69) is 23.7 Å². The van der Waals surface area contributed by atoms with Gasteiger partial charge in [0.25, 0.3) is 5.91 Å². The number of carbonyl (C=O) groups excluding carboxylic acids is 2. The van der Waals surface area contributed by atoms with Gasteiger partial charge in [0, 0.05) is 32.4 Å². The maximum atomic E-state index is 13.7. The third-order valence-corrected chi connectivity index (χ3v) is 6.52. The van der Waals surface area contributed by atoms with E-state index in [9.17, 15) is 14.0 Å². The molecule has 7 nitrogen and oxygen atoms in total. The molecule has 33 heavy (non-hydrogen) atoms. The summed E-state index contributed by atoms with van der Waals surface area (Å²) in [4.78, 5) is 36.7. The lowest BCUT2D eigenvalue weighted by Gasteiger charge is -2.42. The molecule has 1 aromatic heterocycles. The Balaban J connectivity index is 1.50. The number of rotatable bonds is 7. The Hall–Kier alpha value is -3.00. The van der Waals surface area contributed by atoms with Crippen LogP contribution in [0.2, 0.25) is 0 Å². The standard InChI is InChI=1S/C25H31FN4O3/c1-18(2)15-30-24(32)29(17-20-6-4-5-11-27-20)23(31)25(30)9-12-28(13-10-25)16-19-7-8-21(26)22(14-19)33-3/h4-8,11,14,18H,9-10,12-13,15-17H2,1-3H3. The Labute approximate surface area is 194 Å². The predicted octanol–water partition coefficient (Wildman–Crippen LogP) is 3.68. The fourth-order valence-electron chi connectivity index (χ4n) is 4.82. The number of benzene rings is 1. The van der Waals surface area contributed by atoms with Crippen LogP contribution in [0, 0.1) is 11.7 Å². The molecule has 1 aromatic carbocycles. The number of imide groups is 1. The van der Waals surface area contributed by atoms with Gasteiger partial charge in [-0.2, -0.15) is 0 Å². The normalized spacial score (nSPS) is 18.6. The number of nitrogens with zero attached hydrogens (tertiary/aromatic N) is 4. The van der Waals surface area contributed by atoms with Crippen LogP contribution in [0.5, 0.6) is 5.75 Å². The summed E-state index contributed by atoms with van der Waals surface area (Å²) in [5.41, 5.74) is 0.838. The van der Waals surface area contributed by atoms with Gasteiger partial charge < -0.3 is 9.64 Å². The average Bonchev–Trinajstić information content (AvgIpc) is 2.99. The van der Waals surface area contributed by atoms with Crippen LogP contribution < -0.4 is 4.74 Å². The SMILES string of the molecule is COc1cc(CN2CCC3(CC2)C(=O)N(Cc2ccccn2)C(=O)N3CC(C)C)ccc1F. The van der Waals surface area contributed by atoms with E-state index in [0.717, 1.165) is 5.56 Å². The number of carbonyl (C=O) groups is 2. The molecule has 2 aliphatic heterocycles. The number of halogens is 1. The number of pyridine rings is 1. The summed E-state index contributed by atoms with van der Waals surface area (Å²) in [6.07, 6.45) is 2.81. The maximum Gasteiger partial charge on any atom is 0.328 e. The zero-order valence-corrected chi connectivity index (χ0v) is 19.5. The molecular formula is C25H31FN4O3. The molecule has 3 amide bonds. The summed E-state index contributed by atoms with van der Waals surface area (Å²) in [6.45, 7) is 6.83. The van der Waals surface area contributed by atoms with Crippen molar-refractivity contribution >= 4 is 11.9 Å². The minimum Gasteiger partial charge on any atom is -0.494 e. The Bertz CT molecular complexity index is 1010. The summed E-state index contributed by atoms with van der Waals surface area (Å²) >= 11 is 0. The van der Waals surface area contributed by atoms with Crippen molar-refractivity contribution in [3.63, 3.8) is 0 Å². The molecule has 0 unspecified atom stereocenters. The van der Waals surface area contributed by atoms with Gasteiger partial charge in [0.2, 0.25) is 0 Å². The van der Waals surface area contributed by atoms with E-state index in [4.69, 9.17) is 4.74 Å². The van der Waals surface area contributed by atoms with Gasteiger partial charge in [0.05, 0.1) is 19.3 Å². The molecule has 0 bridgehead atoms. The molecule has 0 radical (unpaired) electrons. The lowest BCUT2D eigenvalue weighted by molar-refractivity contribution is -0.136. The number of methoxy groups -OCH3 is 1. The fraction of sp³-hybridized carbons (Fsp3) is 0.480. The van der Waals surface area contributed by atoms with Crippen molar-refractivity contribution < 1.29 is 18.7 Å². The number of amides is 3. The van der Waals surface area contributed by atoms with Crippen molar-refractivity contribution in [2.45, 2.75) is 45.3 Å². The number of piperidine rings is 1. The first-order valence-corrected chi connectivity index (χ1v) is 11.4. The van der Waals surface area contributed by atoms with Crippen molar-refractivity contribution in [2.75, 3.05) is 26.7 Å². The number of ether oxygens (including phenoxy) is 1. The highest BCUT2D eigenvalue weighted by Gasteiger charge is 2.57. The molecule has 0 saturated carbocycles. The lowest BCUT2D eigenvalue weighted by atomic mass is 9.85. The molecule has 1 spiro atoms. The van der Waals surface area contributed by atoms with Gasteiger partial charge in [-0.05, 0) is 48.6 Å². The maximum absolute atomic E-state index is 13.7. The van der Waals surface area contributed by atoms with Crippen molar-refractivity contribution in [1.82, 2.24) is 19.7 Å². The highest BCUT2D eigenvalue weighted by atomic mass is 19.1. The molecule has 176 valence electrons. The van der Waals surface area contributed by atoms with Gasteiger partial charge >= 0.3 is 6.03 Å². The van der Waals surface area contributed by atoms with E-state index >= 15 is 0 Å². The molecule has 0 aliphatic carbocycles. The molecular weight excluding hydrogens is 423 g/mol. The molecule has 4 rings (SSSR count). The number of aromatic nitrogens is 1. The van der Waals surface area contributed by atoms with Crippen LogP contribution in [0.1, 0.15) is 37.9 Å². The number of urea groups is 1. The number of hydrogen-bond acceptors (Lipinski definition) is 5. The molecule has 2 aromatic rings. The lowest BCUT2D eigenvalue weighted by Crippen LogP contribution is -2.57. The minimum absolute atomic E-state index is 0.123. The van der Waals surface area contributed by atoms with E-state index < -0.39 is 5.54 Å². The highest BCUT2D eigenvalue weighted by molar-refractivity contribution is 6.07. The van der Waals surface area contributed by atoms with E-state index in [1.54, 1.807) is 23.2 Å². The largest absolute Gasteiger partial charge is 0.494 e. The molecule has 3 heterocycles. The highest BCUT2D eigenvalue weighted by Crippen LogP contribution is 2.39. The topological polar surface area (TPSA) is 66.0 Å². The van der Waals surface area contributed by atoms with Gasteiger partial charge in [0.1, 0.15) is 5.54 Å². The second-order valence-electron chi connectivity index (χ2n) is 9.28. The monoisotopic (exact) mass is 454 g/mol. The van der Waals surface area contributed by atoms with Gasteiger partial charge in [-0.3, -0.25) is 19.6 Å². The van der Waals surface area contributed by atoms with Crippen LogP contribution in [0.3, 0.4) is 0 Å². The summed E-state index contributed by atoms with van der Waals surface area (Å²) in [5.74, 6) is -0.0305. The van der Waals surface area contributed by atoms with E-state index in [-0.39, 0.29) is 36.0 Å². The molecule has 0 atom stereocenters. The van der Waals surface area contributed by atoms with Crippen LogP contribution in [0.4, 0.5) is 9.18 Å². The van der Waals surface area contributed by atoms with Crippen molar-refractivity contribution in [1.29, 1.82) is 0 Å². The van der Waals surface area contributed by atoms with Crippen molar-refractivity contribution in [3.05, 3.63) is 59.7 Å². The van der Waals surface area contributed by atoms with Gasteiger partial charge in [-0.1, -0.05) is 26.0 Å². The van der Waals surface area contributed by atoms with E-state index in [1.807, 2.05) is 18.2 Å². The zero-order valence-electron chi connectivity index (χ0n) is 19.5. The second kappa shape index (κ2) is 9.47. The van der Waals surface area contributed by atoms with E-state index in [0.29, 0.717) is 44.7 Å². The molecule has 2 fully saturated rings. The second-order valence-corrected chi connectivity index (χ2v) is 9.28. The number of hydrogen-bond donors (Lipinski definition) is 0. The molecule has 2 saturated heterocycles. The first kappa shape index (κ1) is 23.2. The zero-order chi connectivity index (χ0) is 23.6. The third kappa shape index (κ3) is 4.57.